The zero-order valence-electron chi connectivity index (χ0n) is 10.9. The second-order valence-electron chi connectivity index (χ2n) is 4.97. The number of hydrogen-bond acceptors (Lipinski definition) is 1. The van der Waals surface area contributed by atoms with E-state index in [0.29, 0.717) is 11.3 Å². The summed E-state index contributed by atoms with van der Waals surface area (Å²) in [6.07, 6.45) is 1.88. The van der Waals surface area contributed by atoms with Crippen LogP contribution in [0.4, 0.5) is 4.39 Å². The van der Waals surface area contributed by atoms with Crippen LogP contribution in [-0.4, -0.2) is 9.97 Å². The largest absolute Gasteiger partial charge is 0.348 e. The summed E-state index contributed by atoms with van der Waals surface area (Å²) >= 11 is 0. The minimum Gasteiger partial charge on any atom is -0.348 e. The quantitative estimate of drug-likeness (QED) is 0.717. The van der Waals surface area contributed by atoms with Crippen molar-refractivity contribution in [3.63, 3.8) is 0 Å². The van der Waals surface area contributed by atoms with Gasteiger partial charge < -0.3 is 4.98 Å². The molecule has 0 aliphatic carbocycles. The van der Waals surface area contributed by atoms with E-state index in [1.165, 1.54) is 6.07 Å². The number of H-pyrrole nitrogens is 1. The fourth-order valence-electron chi connectivity index (χ4n) is 2.26. The van der Waals surface area contributed by atoms with Gasteiger partial charge in [0.15, 0.2) is 0 Å². The van der Waals surface area contributed by atoms with E-state index in [0.717, 1.165) is 22.5 Å². The van der Waals surface area contributed by atoms with Crippen LogP contribution >= 0.6 is 0 Å². The molecule has 0 unspecified atom stereocenters. The van der Waals surface area contributed by atoms with E-state index in [1.54, 1.807) is 12.1 Å². The minimum absolute atomic E-state index is 0.195. The van der Waals surface area contributed by atoms with Gasteiger partial charge in [-0.3, -0.25) is 0 Å². The monoisotopic (exact) mass is 254 g/mol. The highest BCUT2D eigenvalue weighted by Gasteiger charge is 2.11. The Morgan fingerprint density at radius 3 is 2.47 bits per heavy atom. The van der Waals surface area contributed by atoms with E-state index in [4.69, 9.17) is 0 Å². The molecule has 3 aromatic rings. The van der Waals surface area contributed by atoms with Crippen molar-refractivity contribution in [1.29, 1.82) is 0 Å². The Morgan fingerprint density at radius 1 is 1.05 bits per heavy atom. The third-order valence-corrected chi connectivity index (χ3v) is 3.29. The maximum Gasteiger partial charge on any atom is 0.131 e. The number of aromatic nitrogens is 2. The fourth-order valence-corrected chi connectivity index (χ4v) is 2.26. The first kappa shape index (κ1) is 11.9. The van der Waals surface area contributed by atoms with Gasteiger partial charge in [0, 0.05) is 23.1 Å². The van der Waals surface area contributed by atoms with Crippen LogP contribution in [0.2, 0.25) is 0 Å². The van der Waals surface area contributed by atoms with Gasteiger partial charge in [-0.15, -0.1) is 0 Å². The predicted octanol–water partition coefficient (Wildman–Crippen LogP) is 4.49. The van der Waals surface area contributed by atoms with Crippen LogP contribution in [-0.2, 0) is 0 Å². The summed E-state index contributed by atoms with van der Waals surface area (Å²) in [5.74, 6) is 1.10. The van der Waals surface area contributed by atoms with E-state index in [9.17, 15) is 4.39 Å². The highest BCUT2D eigenvalue weighted by Crippen LogP contribution is 2.29. The summed E-state index contributed by atoms with van der Waals surface area (Å²) in [6, 6.07) is 10.8. The van der Waals surface area contributed by atoms with Crippen molar-refractivity contribution < 1.29 is 4.39 Å². The molecule has 19 heavy (non-hydrogen) atoms. The lowest BCUT2D eigenvalue weighted by atomic mass is 10.0. The molecule has 0 spiro atoms. The third-order valence-electron chi connectivity index (χ3n) is 3.29. The van der Waals surface area contributed by atoms with Crippen molar-refractivity contribution in [3.8, 4) is 11.3 Å². The maximum atomic E-state index is 13.8. The highest BCUT2D eigenvalue weighted by atomic mass is 19.1. The Balaban J connectivity index is 2.22. The van der Waals surface area contributed by atoms with E-state index >= 15 is 0 Å². The van der Waals surface area contributed by atoms with E-state index in [1.807, 2.05) is 24.4 Å². The van der Waals surface area contributed by atoms with Crippen molar-refractivity contribution in [1.82, 2.24) is 9.97 Å². The molecule has 3 rings (SSSR count). The number of aromatic amines is 1. The Hall–Kier alpha value is -2.16. The van der Waals surface area contributed by atoms with Gasteiger partial charge in [0.25, 0.3) is 0 Å². The SMILES string of the molecule is CC(C)c1nc(-c2ccc(F)c3ccccc23)c[nH]1. The Bertz CT molecular complexity index is 728. The number of benzene rings is 2. The molecule has 1 heterocycles. The summed E-state index contributed by atoms with van der Waals surface area (Å²) in [5.41, 5.74) is 1.82. The molecule has 0 saturated heterocycles. The molecule has 0 amide bonds. The summed E-state index contributed by atoms with van der Waals surface area (Å²) in [5, 5.41) is 1.53. The number of fused-ring (bicyclic) bond motifs is 1. The second kappa shape index (κ2) is 4.50. The molecule has 2 aromatic carbocycles. The van der Waals surface area contributed by atoms with Crippen molar-refractivity contribution in [2.75, 3.05) is 0 Å². The fraction of sp³-hybridized carbons (Fsp3) is 0.188. The molecular weight excluding hydrogens is 239 g/mol. The zero-order valence-corrected chi connectivity index (χ0v) is 10.9. The van der Waals surface area contributed by atoms with Gasteiger partial charge >= 0.3 is 0 Å². The molecule has 0 atom stereocenters. The molecule has 96 valence electrons. The molecular formula is C16H15FN2. The molecule has 0 bridgehead atoms. The molecule has 1 N–H and O–H groups in total. The summed E-state index contributed by atoms with van der Waals surface area (Å²) in [6.45, 7) is 4.18. The molecule has 3 heteroatoms. The molecule has 0 aliphatic heterocycles. The molecule has 0 fully saturated rings. The van der Waals surface area contributed by atoms with Crippen molar-refractivity contribution >= 4 is 10.8 Å². The van der Waals surface area contributed by atoms with Crippen LogP contribution < -0.4 is 0 Å². The van der Waals surface area contributed by atoms with Gasteiger partial charge in [0.1, 0.15) is 11.6 Å². The minimum atomic E-state index is -0.195. The molecule has 0 radical (unpaired) electrons. The van der Waals surface area contributed by atoms with Crippen molar-refractivity contribution in [2.45, 2.75) is 19.8 Å². The number of nitrogens with zero attached hydrogens (tertiary/aromatic N) is 1. The summed E-state index contributed by atoms with van der Waals surface area (Å²) in [7, 11) is 0. The molecule has 1 aromatic heterocycles. The number of halogens is 1. The van der Waals surface area contributed by atoms with Crippen molar-refractivity contribution in [2.24, 2.45) is 0 Å². The average Bonchev–Trinajstić information content (AvgIpc) is 2.89. The molecule has 0 aliphatic rings. The standard InChI is InChI=1S/C16H15FN2/c1-10(2)16-18-9-15(19-16)13-7-8-14(17)12-6-4-3-5-11(12)13/h3-10H,1-2H3,(H,18,19). The molecule has 2 nitrogen and oxygen atoms in total. The van der Waals surface area contributed by atoms with Gasteiger partial charge in [-0.25, -0.2) is 9.37 Å². The summed E-state index contributed by atoms with van der Waals surface area (Å²) in [4.78, 5) is 7.76. The average molecular weight is 254 g/mol. The van der Waals surface area contributed by atoms with Crippen LogP contribution in [0.15, 0.2) is 42.6 Å². The Kier molecular flexibility index (Phi) is 2.82. The topological polar surface area (TPSA) is 28.7 Å². The lowest BCUT2D eigenvalue weighted by Crippen LogP contribution is -1.90. The van der Waals surface area contributed by atoms with Crippen LogP contribution in [0.25, 0.3) is 22.0 Å². The lowest BCUT2D eigenvalue weighted by Gasteiger charge is -2.05. The first-order valence-electron chi connectivity index (χ1n) is 6.39. The second-order valence-corrected chi connectivity index (χ2v) is 4.97. The number of rotatable bonds is 2. The Morgan fingerprint density at radius 2 is 1.79 bits per heavy atom. The van der Waals surface area contributed by atoms with Gasteiger partial charge in [-0.05, 0) is 17.5 Å². The van der Waals surface area contributed by atoms with Gasteiger partial charge in [-0.2, -0.15) is 0 Å². The normalized spacial score (nSPS) is 11.4. The number of hydrogen-bond donors (Lipinski definition) is 1. The Labute approximate surface area is 111 Å². The van der Waals surface area contributed by atoms with E-state index in [-0.39, 0.29) is 5.82 Å². The third kappa shape index (κ3) is 2.01. The van der Waals surface area contributed by atoms with Crippen molar-refractivity contribution in [3.05, 3.63) is 54.2 Å². The molecule has 0 saturated carbocycles. The number of imidazole rings is 1. The smallest absolute Gasteiger partial charge is 0.131 e. The van der Waals surface area contributed by atoms with Gasteiger partial charge in [-0.1, -0.05) is 38.1 Å². The van der Waals surface area contributed by atoms with Gasteiger partial charge in [0.05, 0.1) is 5.69 Å². The van der Waals surface area contributed by atoms with Crippen LogP contribution in [0, 0.1) is 5.82 Å². The van der Waals surface area contributed by atoms with Gasteiger partial charge in [0.2, 0.25) is 0 Å². The van der Waals surface area contributed by atoms with Crippen LogP contribution in [0.1, 0.15) is 25.6 Å². The highest BCUT2D eigenvalue weighted by molar-refractivity contribution is 5.96. The van der Waals surface area contributed by atoms with Crippen LogP contribution in [0.3, 0.4) is 0 Å². The first-order valence-corrected chi connectivity index (χ1v) is 6.39. The first-order chi connectivity index (χ1) is 9.16. The zero-order chi connectivity index (χ0) is 13.4. The van der Waals surface area contributed by atoms with E-state index < -0.39 is 0 Å². The lowest BCUT2D eigenvalue weighted by molar-refractivity contribution is 0.640. The maximum absolute atomic E-state index is 13.8. The number of nitrogens with one attached hydrogen (secondary N) is 1. The van der Waals surface area contributed by atoms with Crippen LogP contribution in [0.5, 0.6) is 0 Å². The predicted molar refractivity (Wildman–Crippen MR) is 75.6 cm³/mol. The summed E-state index contributed by atoms with van der Waals surface area (Å²) < 4.78 is 13.8. The van der Waals surface area contributed by atoms with E-state index in [2.05, 4.69) is 23.8 Å².